The molecule has 16 heavy (non-hydrogen) atoms. The first-order valence-electron chi connectivity index (χ1n) is 4.27. The molecule has 0 atom stereocenters. The molecular weight excluding hydrogens is 280 g/mol. The van der Waals surface area contributed by atoms with Crippen molar-refractivity contribution in [1.82, 2.24) is 4.98 Å². The van der Waals surface area contributed by atoms with Gasteiger partial charge in [-0.1, -0.05) is 15.9 Å². The van der Waals surface area contributed by atoms with E-state index in [4.69, 9.17) is 10.5 Å². The first-order chi connectivity index (χ1) is 7.63. The zero-order chi connectivity index (χ0) is 12.1. The number of nitriles is 2. The third kappa shape index (κ3) is 2.53. The molecule has 6 heteroatoms. The largest absolute Gasteiger partial charge is 0.265 e. The Morgan fingerprint density at radius 1 is 1.44 bits per heavy atom. The van der Waals surface area contributed by atoms with Crippen molar-refractivity contribution in [3.63, 3.8) is 0 Å². The highest BCUT2D eigenvalue weighted by molar-refractivity contribution is 9.08. The molecule has 1 rings (SSSR count). The molecule has 0 aliphatic heterocycles. The fourth-order valence-electron chi connectivity index (χ4n) is 1.31. The van der Waals surface area contributed by atoms with Crippen LogP contribution in [0.3, 0.4) is 0 Å². The number of hydrogen-bond acceptors (Lipinski definition) is 3. The topological polar surface area (TPSA) is 60.5 Å². The van der Waals surface area contributed by atoms with Gasteiger partial charge >= 0.3 is 0 Å². The van der Waals surface area contributed by atoms with Crippen LogP contribution in [0.2, 0.25) is 0 Å². The standard InChI is InChI=1S/C10H6BrF2N3/c11-4-6-3-7(5-15)16-8(1-2-14)9(6)10(12)13/h3,10H,1,4H2. The van der Waals surface area contributed by atoms with Gasteiger partial charge in [0.15, 0.2) is 0 Å². The van der Waals surface area contributed by atoms with Crippen molar-refractivity contribution in [3.05, 3.63) is 28.6 Å². The molecule has 0 amide bonds. The van der Waals surface area contributed by atoms with Gasteiger partial charge in [-0.3, -0.25) is 0 Å². The molecule has 0 saturated heterocycles. The van der Waals surface area contributed by atoms with E-state index in [0.29, 0.717) is 5.56 Å². The van der Waals surface area contributed by atoms with Gasteiger partial charge in [0.05, 0.1) is 18.2 Å². The van der Waals surface area contributed by atoms with E-state index in [2.05, 4.69) is 20.9 Å². The Morgan fingerprint density at radius 2 is 2.12 bits per heavy atom. The summed E-state index contributed by atoms with van der Waals surface area (Å²) >= 11 is 3.07. The van der Waals surface area contributed by atoms with Crippen LogP contribution in [0.25, 0.3) is 0 Å². The average Bonchev–Trinajstić information content (AvgIpc) is 2.27. The van der Waals surface area contributed by atoms with E-state index in [-0.39, 0.29) is 28.7 Å². The van der Waals surface area contributed by atoms with Crippen molar-refractivity contribution in [2.75, 3.05) is 0 Å². The molecule has 0 radical (unpaired) electrons. The summed E-state index contributed by atoms with van der Waals surface area (Å²) in [6.45, 7) is 0. The summed E-state index contributed by atoms with van der Waals surface area (Å²) in [6.07, 6.45) is -2.93. The summed E-state index contributed by atoms with van der Waals surface area (Å²) in [5.41, 5.74) is 0.0688. The number of nitrogens with zero attached hydrogens (tertiary/aromatic N) is 3. The molecule has 0 N–H and O–H groups in total. The highest BCUT2D eigenvalue weighted by Crippen LogP contribution is 2.28. The predicted molar refractivity (Wildman–Crippen MR) is 55.9 cm³/mol. The smallest absolute Gasteiger partial charge is 0.241 e. The van der Waals surface area contributed by atoms with Crippen molar-refractivity contribution in [2.24, 2.45) is 0 Å². The lowest BCUT2D eigenvalue weighted by atomic mass is 10.0. The number of halogens is 3. The van der Waals surface area contributed by atoms with Crippen molar-refractivity contribution in [1.29, 1.82) is 10.5 Å². The van der Waals surface area contributed by atoms with E-state index in [0.717, 1.165) is 0 Å². The highest BCUT2D eigenvalue weighted by atomic mass is 79.9. The van der Waals surface area contributed by atoms with Crippen molar-refractivity contribution < 1.29 is 8.78 Å². The normalized spacial score (nSPS) is 9.88. The van der Waals surface area contributed by atoms with Gasteiger partial charge in [-0.05, 0) is 11.6 Å². The minimum Gasteiger partial charge on any atom is -0.241 e. The summed E-state index contributed by atoms with van der Waals surface area (Å²) < 4.78 is 25.6. The van der Waals surface area contributed by atoms with Gasteiger partial charge in [-0.2, -0.15) is 10.5 Å². The van der Waals surface area contributed by atoms with Gasteiger partial charge in [0.2, 0.25) is 0 Å². The summed E-state index contributed by atoms with van der Waals surface area (Å²) in [5, 5.41) is 17.4. The van der Waals surface area contributed by atoms with E-state index in [1.807, 2.05) is 0 Å². The Kier molecular flexibility index (Phi) is 4.33. The lowest BCUT2D eigenvalue weighted by Crippen LogP contribution is -2.04. The average molecular weight is 286 g/mol. The van der Waals surface area contributed by atoms with Crippen molar-refractivity contribution in [3.8, 4) is 12.1 Å². The number of pyridine rings is 1. The Balaban J connectivity index is 3.43. The monoisotopic (exact) mass is 285 g/mol. The van der Waals surface area contributed by atoms with E-state index in [1.165, 1.54) is 6.07 Å². The maximum atomic E-state index is 12.8. The van der Waals surface area contributed by atoms with Gasteiger partial charge < -0.3 is 0 Å². The van der Waals surface area contributed by atoms with E-state index < -0.39 is 6.43 Å². The summed E-state index contributed by atoms with van der Waals surface area (Å²) in [6, 6.07) is 4.84. The van der Waals surface area contributed by atoms with Gasteiger partial charge in [0.1, 0.15) is 11.8 Å². The van der Waals surface area contributed by atoms with Crippen LogP contribution in [0.5, 0.6) is 0 Å². The number of rotatable bonds is 3. The third-order valence-corrected chi connectivity index (χ3v) is 2.55. The molecular formula is C10H6BrF2N3. The molecule has 0 aliphatic rings. The van der Waals surface area contributed by atoms with E-state index >= 15 is 0 Å². The van der Waals surface area contributed by atoms with Crippen LogP contribution in [0.1, 0.15) is 28.9 Å². The molecule has 3 nitrogen and oxygen atoms in total. The van der Waals surface area contributed by atoms with Crippen LogP contribution >= 0.6 is 15.9 Å². The first-order valence-corrected chi connectivity index (χ1v) is 5.40. The van der Waals surface area contributed by atoms with Gasteiger partial charge in [-0.15, -0.1) is 0 Å². The molecule has 82 valence electrons. The Bertz CT molecular complexity index is 474. The summed E-state index contributed by atoms with van der Waals surface area (Å²) in [4.78, 5) is 3.73. The molecule has 0 fully saturated rings. The van der Waals surface area contributed by atoms with Crippen LogP contribution in [0.4, 0.5) is 8.78 Å². The number of alkyl halides is 3. The molecule has 0 spiro atoms. The zero-order valence-corrected chi connectivity index (χ0v) is 9.63. The molecule has 1 aromatic rings. The summed E-state index contributed by atoms with van der Waals surface area (Å²) in [5.74, 6) is 0. The van der Waals surface area contributed by atoms with Gasteiger partial charge in [0.25, 0.3) is 6.43 Å². The Morgan fingerprint density at radius 3 is 2.56 bits per heavy atom. The molecule has 0 bridgehead atoms. The zero-order valence-electron chi connectivity index (χ0n) is 8.04. The fraction of sp³-hybridized carbons (Fsp3) is 0.300. The minimum atomic E-state index is -2.70. The van der Waals surface area contributed by atoms with Crippen LogP contribution in [-0.4, -0.2) is 4.98 Å². The van der Waals surface area contributed by atoms with E-state index in [1.54, 1.807) is 12.1 Å². The fourth-order valence-corrected chi connectivity index (χ4v) is 1.77. The number of aromatic nitrogens is 1. The van der Waals surface area contributed by atoms with Crippen LogP contribution in [0.15, 0.2) is 6.07 Å². The molecule has 0 aromatic carbocycles. The van der Waals surface area contributed by atoms with Crippen LogP contribution < -0.4 is 0 Å². The highest BCUT2D eigenvalue weighted by Gasteiger charge is 2.19. The quantitative estimate of drug-likeness (QED) is 0.803. The third-order valence-electron chi connectivity index (χ3n) is 1.95. The minimum absolute atomic E-state index is 0.0222. The molecule has 0 saturated carbocycles. The van der Waals surface area contributed by atoms with Gasteiger partial charge in [-0.25, -0.2) is 13.8 Å². The second kappa shape index (κ2) is 5.53. The SMILES string of the molecule is N#CCc1nc(C#N)cc(CBr)c1C(F)F. The lowest BCUT2D eigenvalue weighted by Gasteiger charge is -2.10. The van der Waals surface area contributed by atoms with Crippen LogP contribution in [-0.2, 0) is 11.8 Å². The molecule has 1 heterocycles. The van der Waals surface area contributed by atoms with Gasteiger partial charge in [0, 0.05) is 10.9 Å². The lowest BCUT2D eigenvalue weighted by molar-refractivity contribution is 0.149. The second-order valence-corrected chi connectivity index (χ2v) is 3.47. The second-order valence-electron chi connectivity index (χ2n) is 2.91. The Labute approximate surface area is 99.5 Å². The van der Waals surface area contributed by atoms with Crippen molar-refractivity contribution >= 4 is 15.9 Å². The van der Waals surface area contributed by atoms with E-state index in [9.17, 15) is 8.78 Å². The summed E-state index contributed by atoms with van der Waals surface area (Å²) in [7, 11) is 0. The van der Waals surface area contributed by atoms with Crippen molar-refractivity contribution in [2.45, 2.75) is 18.2 Å². The number of hydrogen-bond donors (Lipinski definition) is 0. The molecule has 0 unspecified atom stereocenters. The molecule has 0 aliphatic carbocycles. The first kappa shape index (κ1) is 12.5. The Hall–Kier alpha value is -1.53. The predicted octanol–water partition coefficient (Wildman–Crippen LogP) is 2.85. The maximum absolute atomic E-state index is 12.8. The maximum Gasteiger partial charge on any atom is 0.265 e. The van der Waals surface area contributed by atoms with Crippen LogP contribution in [0, 0.1) is 22.7 Å². The molecule has 1 aromatic heterocycles.